The number of aromatic hydroxyl groups is 1. The molecule has 0 aliphatic heterocycles. The Hall–Kier alpha value is -1.71. The van der Waals surface area contributed by atoms with Crippen LogP contribution in [0.15, 0.2) is 91.0 Å². The van der Waals surface area contributed by atoms with E-state index in [0.29, 0.717) is 18.7 Å². The molecule has 0 heterocycles. The first-order valence-corrected chi connectivity index (χ1v) is 16.8. The molecule has 0 saturated carbocycles. The summed E-state index contributed by atoms with van der Waals surface area (Å²) in [6, 6.07) is 29.8. The number of hydrogen-bond donors (Lipinski definition) is 1. The van der Waals surface area contributed by atoms with Crippen LogP contribution in [-0.4, -0.2) is 24.1 Å². The molecule has 4 aromatic carbocycles. The first kappa shape index (κ1) is 28.9. The van der Waals surface area contributed by atoms with Gasteiger partial charge in [-0.15, -0.1) is 0 Å². The molecule has 0 aliphatic rings. The van der Waals surface area contributed by atoms with E-state index in [1.54, 1.807) is 6.07 Å². The van der Waals surface area contributed by atoms with E-state index in [0.717, 1.165) is 33.7 Å². The summed E-state index contributed by atoms with van der Waals surface area (Å²) in [5, 5.41) is 13.2. The molecule has 186 valence electrons. The van der Waals surface area contributed by atoms with Crippen LogP contribution >= 0.6 is 27.2 Å². The number of phenolic OH excluding ortho intramolecular Hbond substituents is 1. The van der Waals surface area contributed by atoms with E-state index in [1.165, 1.54) is 17.2 Å². The molecule has 2 nitrogen and oxygen atoms in total. The minimum atomic E-state index is -0.556. The molecule has 0 fully saturated rings. The number of hydrogen-bond acceptors (Lipinski definition) is 2. The summed E-state index contributed by atoms with van der Waals surface area (Å²) in [6.07, 6.45) is 1.47. The van der Waals surface area contributed by atoms with Gasteiger partial charge < -0.3 is 10.0 Å². The van der Waals surface area contributed by atoms with E-state index in [9.17, 15) is 9.50 Å². The van der Waals surface area contributed by atoms with Gasteiger partial charge in [0.2, 0.25) is 0 Å². The first-order chi connectivity index (χ1) is 17.4. The normalized spacial score (nSPS) is 10.9. The topological polar surface area (TPSA) is 23.5 Å². The molecule has 1 N–H and O–H groups in total. The third-order valence-corrected chi connectivity index (χ3v) is 6.97. The molecule has 1 atom stereocenters. The summed E-state index contributed by atoms with van der Waals surface area (Å²) in [7, 11) is 14.0. The van der Waals surface area contributed by atoms with Gasteiger partial charge in [-0.25, -0.2) is 4.39 Å². The predicted molar refractivity (Wildman–Crippen MR) is 150 cm³/mol. The molecular weight excluding hydrogens is 547 g/mol. The summed E-state index contributed by atoms with van der Waals surface area (Å²) < 4.78 is 14.0. The van der Waals surface area contributed by atoms with Crippen LogP contribution in [0.5, 0.6) is 5.75 Å². The summed E-state index contributed by atoms with van der Waals surface area (Å²) in [6.45, 7) is 0.654. The van der Waals surface area contributed by atoms with E-state index in [1.807, 2.05) is 49.3 Å². The molecule has 1 unspecified atom stereocenters. The van der Waals surface area contributed by atoms with Crippen LogP contribution in [0.1, 0.15) is 27.8 Å². The average molecular weight is 576 g/mol. The monoisotopic (exact) mass is 575 g/mol. The van der Waals surface area contributed by atoms with E-state index in [4.69, 9.17) is 18.6 Å². The van der Waals surface area contributed by atoms with Gasteiger partial charge in [0.25, 0.3) is 0 Å². The van der Waals surface area contributed by atoms with Crippen LogP contribution in [-0.2, 0) is 36.4 Å². The summed E-state index contributed by atoms with van der Waals surface area (Å²) >= 11 is -0.556. The van der Waals surface area contributed by atoms with Gasteiger partial charge in [-0.2, -0.15) is 0 Å². The zero-order valence-corrected chi connectivity index (χ0v) is 24.4. The van der Waals surface area contributed by atoms with E-state index in [2.05, 4.69) is 48.5 Å². The van der Waals surface area contributed by atoms with Crippen LogP contribution in [0, 0.1) is 5.82 Å². The Morgan fingerprint density at radius 1 is 0.750 bits per heavy atom. The SMILES string of the molecule is CN(C)Cc1cc(F)ccc1Pc1cc(Cc2ccccc2)cc(Cc2ccccc2)c1O.[Cl][Ti][Cl]. The maximum absolute atomic E-state index is 14.0. The van der Waals surface area contributed by atoms with Gasteiger partial charge in [-0.05, 0) is 71.8 Å². The van der Waals surface area contributed by atoms with Crippen molar-refractivity contribution in [2.75, 3.05) is 14.1 Å². The van der Waals surface area contributed by atoms with Crippen molar-refractivity contribution in [2.24, 2.45) is 0 Å². The van der Waals surface area contributed by atoms with Gasteiger partial charge in [0.15, 0.2) is 0 Å². The van der Waals surface area contributed by atoms with Crippen LogP contribution in [0.3, 0.4) is 0 Å². The maximum atomic E-state index is 14.0. The second-order valence-corrected chi connectivity index (χ2v) is 12.6. The number of benzene rings is 4. The van der Waals surface area contributed by atoms with Gasteiger partial charge in [-0.1, -0.05) is 81.4 Å². The Labute approximate surface area is 231 Å². The molecule has 0 amide bonds. The number of halogens is 3. The van der Waals surface area contributed by atoms with Gasteiger partial charge in [0.1, 0.15) is 11.6 Å². The van der Waals surface area contributed by atoms with Gasteiger partial charge in [0, 0.05) is 18.3 Å². The summed E-state index contributed by atoms with van der Waals surface area (Å²) in [5.41, 5.74) is 5.44. The Bertz CT molecular complexity index is 1240. The van der Waals surface area contributed by atoms with Crippen molar-refractivity contribution in [3.05, 3.63) is 125 Å². The van der Waals surface area contributed by atoms with Crippen molar-refractivity contribution in [1.29, 1.82) is 0 Å². The fourth-order valence-electron chi connectivity index (χ4n) is 4.04. The Morgan fingerprint density at radius 2 is 1.33 bits per heavy atom. The Kier molecular flexibility index (Phi) is 11.9. The average Bonchev–Trinajstić information content (AvgIpc) is 2.85. The van der Waals surface area contributed by atoms with Crippen LogP contribution in [0.25, 0.3) is 0 Å². The van der Waals surface area contributed by atoms with Crippen molar-refractivity contribution in [3.63, 3.8) is 0 Å². The summed E-state index contributed by atoms with van der Waals surface area (Å²) in [4.78, 5) is 2.04. The zero-order chi connectivity index (χ0) is 25.9. The molecular formula is C29H29Cl2FNOPTi. The van der Waals surface area contributed by atoms with Gasteiger partial charge in [0.05, 0.1) is 0 Å². The Balaban J connectivity index is 0.00000115. The Morgan fingerprint density at radius 3 is 1.92 bits per heavy atom. The van der Waals surface area contributed by atoms with Crippen molar-refractivity contribution in [2.45, 2.75) is 19.4 Å². The number of phenols is 1. The predicted octanol–water partition coefficient (Wildman–Crippen LogP) is 6.78. The minimum absolute atomic E-state index is 0.229. The van der Waals surface area contributed by atoms with Gasteiger partial charge >= 0.3 is 35.6 Å². The number of nitrogens with zero attached hydrogens (tertiary/aromatic N) is 1. The van der Waals surface area contributed by atoms with Crippen molar-refractivity contribution in [3.8, 4) is 5.75 Å². The molecule has 4 rings (SSSR count). The van der Waals surface area contributed by atoms with Gasteiger partial charge in [-0.3, -0.25) is 0 Å². The third kappa shape index (κ3) is 9.00. The van der Waals surface area contributed by atoms with Crippen LogP contribution in [0.2, 0.25) is 0 Å². The van der Waals surface area contributed by atoms with Crippen LogP contribution < -0.4 is 10.6 Å². The standard InChI is InChI=1S/C29H29FNOP.2ClH.Ti/c1-31(2)20-25-19-26(30)13-14-27(25)33-28-18-23(15-21-9-5-3-6-10-21)17-24(29(28)32)16-22-11-7-4-8-12-22;;;/h3-14,17-19,32-33H,15-16,20H2,1-2H3;2*1H;/q;;;+2/p-2. The zero-order valence-electron chi connectivity index (χ0n) is 20.3. The molecule has 0 aliphatic carbocycles. The van der Waals surface area contributed by atoms with Crippen molar-refractivity contribution in [1.82, 2.24) is 4.90 Å². The van der Waals surface area contributed by atoms with Crippen molar-refractivity contribution >= 4 is 37.8 Å². The molecule has 0 spiro atoms. The fourth-order valence-corrected chi connectivity index (χ4v) is 5.35. The molecule has 0 radical (unpaired) electrons. The second kappa shape index (κ2) is 14.9. The quantitative estimate of drug-likeness (QED) is 0.185. The van der Waals surface area contributed by atoms with Crippen LogP contribution in [0.4, 0.5) is 4.39 Å². The molecule has 4 aromatic rings. The van der Waals surface area contributed by atoms with E-state index in [-0.39, 0.29) is 14.4 Å². The third-order valence-electron chi connectivity index (χ3n) is 5.56. The molecule has 0 saturated heterocycles. The van der Waals surface area contributed by atoms with Crippen molar-refractivity contribution < 1.29 is 26.5 Å². The van der Waals surface area contributed by atoms with E-state index >= 15 is 0 Å². The number of rotatable bonds is 8. The molecule has 7 heteroatoms. The summed E-state index contributed by atoms with van der Waals surface area (Å²) in [5.74, 6) is 0.112. The molecule has 36 heavy (non-hydrogen) atoms. The first-order valence-electron chi connectivity index (χ1n) is 11.5. The molecule has 0 aromatic heterocycles. The second-order valence-electron chi connectivity index (χ2n) is 8.71. The fraction of sp³-hybridized carbons (Fsp3) is 0.172. The molecule has 0 bridgehead atoms. The van der Waals surface area contributed by atoms with E-state index < -0.39 is 17.0 Å².